The number of halogens is 1. The van der Waals surface area contributed by atoms with Crippen LogP contribution in [-0.2, 0) is 14.8 Å². The Bertz CT molecular complexity index is 1000. The summed E-state index contributed by atoms with van der Waals surface area (Å²) in [6.45, 7) is 9.67. The van der Waals surface area contributed by atoms with E-state index in [9.17, 15) is 13.2 Å². The largest absolute Gasteiger partial charge is 0.324 e. The zero-order valence-corrected chi connectivity index (χ0v) is 19.4. The fourth-order valence-electron chi connectivity index (χ4n) is 3.33. The number of hydrogen-bond donors (Lipinski definition) is 1. The molecule has 158 valence electrons. The molecule has 0 saturated carbocycles. The highest BCUT2D eigenvalue weighted by molar-refractivity contribution is 7.92. The molecule has 0 aliphatic carbocycles. The summed E-state index contributed by atoms with van der Waals surface area (Å²) >= 11 is 6.22. The number of nitrogens with zero attached hydrogens (tertiary/aromatic N) is 1. The van der Waals surface area contributed by atoms with Gasteiger partial charge in [-0.2, -0.15) is 0 Å². The molecule has 0 unspecified atom stereocenters. The van der Waals surface area contributed by atoms with Gasteiger partial charge >= 0.3 is 0 Å². The molecule has 0 heterocycles. The number of sulfonamides is 1. The molecule has 2 aromatic rings. The van der Waals surface area contributed by atoms with Crippen LogP contribution in [0.3, 0.4) is 0 Å². The second-order valence-electron chi connectivity index (χ2n) is 7.60. The van der Waals surface area contributed by atoms with Crippen molar-refractivity contribution in [3.8, 4) is 0 Å². The van der Waals surface area contributed by atoms with Gasteiger partial charge in [-0.15, -0.1) is 0 Å². The molecule has 0 bridgehead atoms. The number of carbonyl (C=O) groups is 1. The zero-order chi connectivity index (χ0) is 21.9. The van der Waals surface area contributed by atoms with Gasteiger partial charge in [-0.1, -0.05) is 56.6 Å². The number of amides is 1. The van der Waals surface area contributed by atoms with E-state index >= 15 is 0 Å². The average Bonchev–Trinajstić information content (AvgIpc) is 2.62. The maximum Gasteiger partial charge on any atom is 0.248 e. The maximum absolute atomic E-state index is 13.2. The third-order valence-electron chi connectivity index (χ3n) is 4.91. The number of para-hydroxylation sites is 1. The fraction of sp³-hybridized carbons (Fsp3) is 0.409. The first-order chi connectivity index (χ1) is 13.5. The van der Waals surface area contributed by atoms with E-state index in [2.05, 4.69) is 19.2 Å². The van der Waals surface area contributed by atoms with Gasteiger partial charge in [0.25, 0.3) is 0 Å². The molecule has 1 atom stereocenters. The molecule has 1 amide bonds. The lowest BCUT2D eigenvalue weighted by Crippen LogP contribution is -2.47. The van der Waals surface area contributed by atoms with Crippen molar-refractivity contribution in [1.29, 1.82) is 0 Å². The lowest BCUT2D eigenvalue weighted by atomic mass is 9.98. The molecule has 0 spiro atoms. The third-order valence-corrected chi connectivity index (χ3v) is 6.50. The maximum atomic E-state index is 13.2. The van der Waals surface area contributed by atoms with Crippen LogP contribution < -0.4 is 9.62 Å². The van der Waals surface area contributed by atoms with Crippen LogP contribution in [0.1, 0.15) is 49.8 Å². The highest BCUT2D eigenvalue weighted by Gasteiger charge is 2.32. The summed E-state index contributed by atoms with van der Waals surface area (Å²) in [5.41, 5.74) is 3.89. The summed E-state index contributed by atoms with van der Waals surface area (Å²) in [4.78, 5) is 13.2. The van der Waals surface area contributed by atoms with Crippen molar-refractivity contribution in [3.05, 3.63) is 58.1 Å². The van der Waals surface area contributed by atoms with E-state index in [-0.39, 0.29) is 11.8 Å². The monoisotopic (exact) mass is 436 g/mol. The van der Waals surface area contributed by atoms with Crippen LogP contribution >= 0.6 is 11.6 Å². The van der Waals surface area contributed by atoms with Crippen molar-refractivity contribution in [3.63, 3.8) is 0 Å². The second kappa shape index (κ2) is 9.18. The van der Waals surface area contributed by atoms with E-state index < -0.39 is 16.1 Å². The van der Waals surface area contributed by atoms with Gasteiger partial charge in [0.15, 0.2) is 0 Å². The molecule has 0 saturated heterocycles. The summed E-state index contributed by atoms with van der Waals surface area (Å²) in [5.74, 6) is -0.155. The Kier molecular flexibility index (Phi) is 7.35. The minimum atomic E-state index is -3.72. The van der Waals surface area contributed by atoms with Gasteiger partial charge in [-0.25, -0.2) is 8.42 Å². The molecule has 0 radical (unpaired) electrons. The third kappa shape index (κ3) is 5.31. The molecule has 5 nitrogen and oxygen atoms in total. The minimum Gasteiger partial charge on any atom is -0.324 e. The van der Waals surface area contributed by atoms with Crippen LogP contribution in [0, 0.1) is 13.8 Å². The number of anilines is 2. The van der Waals surface area contributed by atoms with Gasteiger partial charge < -0.3 is 5.32 Å². The van der Waals surface area contributed by atoms with Crippen molar-refractivity contribution in [2.45, 2.75) is 53.0 Å². The standard InChI is InChI=1S/C22H29ClN2O3S/c1-7-20(22(26)24-21-16(5)9-8-10-18(21)14(2)3)25(29(6,27)28)17-12-11-15(4)19(23)13-17/h8-14,20H,7H2,1-6H3,(H,24,26)/t20-/m0/s1. The van der Waals surface area contributed by atoms with Crippen LogP contribution in [0.5, 0.6) is 0 Å². The fourth-order valence-corrected chi connectivity index (χ4v) is 4.71. The normalized spacial score (nSPS) is 12.7. The van der Waals surface area contributed by atoms with E-state index in [1.807, 2.05) is 32.0 Å². The molecule has 7 heteroatoms. The van der Waals surface area contributed by atoms with Gasteiger partial charge in [-0.05, 0) is 55.0 Å². The quantitative estimate of drug-likeness (QED) is 0.643. The Morgan fingerprint density at radius 3 is 2.31 bits per heavy atom. The van der Waals surface area contributed by atoms with Gasteiger partial charge in [0.05, 0.1) is 11.9 Å². The first-order valence-corrected chi connectivity index (χ1v) is 11.9. The molecule has 29 heavy (non-hydrogen) atoms. The Morgan fingerprint density at radius 2 is 1.79 bits per heavy atom. The van der Waals surface area contributed by atoms with Crippen molar-refractivity contribution in [2.75, 3.05) is 15.9 Å². The van der Waals surface area contributed by atoms with Crippen molar-refractivity contribution >= 4 is 38.9 Å². The van der Waals surface area contributed by atoms with E-state index in [0.717, 1.165) is 32.9 Å². The van der Waals surface area contributed by atoms with Gasteiger partial charge in [0.2, 0.25) is 15.9 Å². The highest BCUT2D eigenvalue weighted by atomic mass is 35.5. The summed E-state index contributed by atoms with van der Waals surface area (Å²) in [6.07, 6.45) is 1.41. The number of hydrogen-bond acceptors (Lipinski definition) is 3. The zero-order valence-electron chi connectivity index (χ0n) is 17.8. The highest BCUT2D eigenvalue weighted by Crippen LogP contribution is 2.30. The number of nitrogens with one attached hydrogen (secondary N) is 1. The lowest BCUT2D eigenvalue weighted by molar-refractivity contribution is -0.117. The smallest absolute Gasteiger partial charge is 0.248 e. The molecule has 0 aromatic heterocycles. The van der Waals surface area contributed by atoms with Gasteiger partial charge in [0.1, 0.15) is 6.04 Å². The minimum absolute atomic E-state index is 0.215. The summed E-state index contributed by atoms with van der Waals surface area (Å²) < 4.78 is 26.4. The van der Waals surface area contributed by atoms with E-state index in [1.165, 1.54) is 0 Å². The Labute approximate surface area is 179 Å². The van der Waals surface area contributed by atoms with Crippen molar-refractivity contribution in [2.24, 2.45) is 0 Å². The van der Waals surface area contributed by atoms with Crippen LogP contribution in [0.25, 0.3) is 0 Å². The number of aryl methyl sites for hydroxylation is 2. The first kappa shape index (κ1) is 23.2. The lowest BCUT2D eigenvalue weighted by Gasteiger charge is -2.31. The summed E-state index contributed by atoms with van der Waals surface area (Å²) in [5, 5.41) is 3.43. The second-order valence-corrected chi connectivity index (χ2v) is 9.87. The van der Waals surface area contributed by atoms with Crippen LogP contribution in [-0.4, -0.2) is 26.6 Å². The van der Waals surface area contributed by atoms with Crippen LogP contribution in [0.2, 0.25) is 5.02 Å². The Morgan fingerprint density at radius 1 is 1.14 bits per heavy atom. The number of rotatable bonds is 7. The summed E-state index contributed by atoms with van der Waals surface area (Å²) in [7, 11) is -3.72. The molecule has 1 N–H and O–H groups in total. The summed E-state index contributed by atoms with van der Waals surface area (Å²) in [6, 6.07) is 9.96. The molecule has 2 rings (SSSR count). The number of carbonyl (C=O) groups excluding carboxylic acids is 1. The van der Waals surface area contributed by atoms with E-state index in [0.29, 0.717) is 17.1 Å². The molecule has 0 aliphatic heterocycles. The predicted molar refractivity (Wildman–Crippen MR) is 121 cm³/mol. The Balaban J connectivity index is 2.49. The van der Waals surface area contributed by atoms with Crippen molar-refractivity contribution in [1.82, 2.24) is 0 Å². The average molecular weight is 437 g/mol. The molecular weight excluding hydrogens is 408 g/mol. The predicted octanol–water partition coefficient (Wildman–Crippen LogP) is 5.26. The first-order valence-electron chi connectivity index (χ1n) is 9.63. The van der Waals surface area contributed by atoms with Gasteiger partial charge in [0, 0.05) is 10.7 Å². The Hall–Kier alpha value is -2.05. The number of benzene rings is 2. The molecule has 0 fully saturated rings. The molecule has 0 aliphatic rings. The van der Waals surface area contributed by atoms with Gasteiger partial charge in [-0.3, -0.25) is 9.10 Å². The molecular formula is C22H29ClN2O3S. The van der Waals surface area contributed by atoms with Crippen LogP contribution in [0.15, 0.2) is 36.4 Å². The SMILES string of the molecule is CC[C@@H](C(=O)Nc1c(C)cccc1C(C)C)N(c1ccc(C)c(Cl)c1)S(C)(=O)=O. The van der Waals surface area contributed by atoms with Crippen LogP contribution in [0.4, 0.5) is 11.4 Å². The van der Waals surface area contributed by atoms with E-state index in [1.54, 1.807) is 25.1 Å². The van der Waals surface area contributed by atoms with Crippen molar-refractivity contribution < 1.29 is 13.2 Å². The van der Waals surface area contributed by atoms with E-state index in [4.69, 9.17) is 11.6 Å². The molecule has 2 aromatic carbocycles. The topological polar surface area (TPSA) is 66.5 Å².